The van der Waals surface area contributed by atoms with Crippen molar-refractivity contribution >= 4 is 17.2 Å². The summed E-state index contributed by atoms with van der Waals surface area (Å²) < 4.78 is 0. The number of hydrogen-bond acceptors (Lipinski definition) is 4. The Bertz CT molecular complexity index is 470. The van der Waals surface area contributed by atoms with Crippen molar-refractivity contribution in [1.82, 2.24) is 9.88 Å². The predicted molar refractivity (Wildman–Crippen MR) is 85.5 cm³/mol. The Morgan fingerprint density at radius 3 is 2.62 bits per heavy atom. The fourth-order valence-electron chi connectivity index (χ4n) is 2.79. The van der Waals surface area contributed by atoms with Crippen molar-refractivity contribution in [3.05, 3.63) is 16.1 Å². The molecule has 1 aliphatic heterocycles. The van der Waals surface area contributed by atoms with Crippen molar-refractivity contribution in [3.63, 3.8) is 0 Å². The van der Waals surface area contributed by atoms with Gasteiger partial charge in [0.2, 0.25) is 5.91 Å². The van der Waals surface area contributed by atoms with Crippen molar-refractivity contribution in [2.24, 2.45) is 5.41 Å². The second kappa shape index (κ2) is 6.88. The predicted octanol–water partition coefficient (Wildman–Crippen LogP) is 2.82. The number of carbonyl (C=O) groups excluding carboxylic acids is 1. The highest BCUT2D eigenvalue weighted by Crippen LogP contribution is 2.34. The van der Waals surface area contributed by atoms with Gasteiger partial charge in [-0.05, 0) is 24.7 Å². The minimum atomic E-state index is 0.0300. The van der Waals surface area contributed by atoms with Crippen molar-refractivity contribution < 1.29 is 9.90 Å². The van der Waals surface area contributed by atoms with Crippen LogP contribution in [-0.2, 0) is 11.2 Å². The average molecular weight is 310 g/mol. The Hall–Kier alpha value is -0.940. The molecule has 1 aliphatic rings. The van der Waals surface area contributed by atoms with E-state index in [1.165, 1.54) is 0 Å². The Kier molecular flexibility index (Phi) is 5.38. The standard InChI is InChI=1S/C16H26N2O2S/c1-4-16(11-19)5-7-18(8-6-16)14(20)9-13-10-21-15(17-13)12(2)3/h10,12,19H,4-9,11H2,1-3H3. The zero-order valence-corrected chi connectivity index (χ0v) is 14.1. The molecule has 1 aromatic rings. The lowest BCUT2D eigenvalue weighted by Crippen LogP contribution is -2.45. The van der Waals surface area contributed by atoms with Crippen LogP contribution in [0.1, 0.15) is 56.7 Å². The number of likely N-dealkylation sites (tertiary alicyclic amines) is 1. The maximum Gasteiger partial charge on any atom is 0.228 e. The molecule has 1 amide bonds. The van der Waals surface area contributed by atoms with Crippen LogP contribution >= 0.6 is 11.3 Å². The highest BCUT2D eigenvalue weighted by atomic mass is 32.1. The molecular weight excluding hydrogens is 284 g/mol. The molecule has 2 rings (SSSR count). The van der Waals surface area contributed by atoms with Crippen LogP contribution in [0.25, 0.3) is 0 Å². The van der Waals surface area contributed by atoms with Gasteiger partial charge in [-0.3, -0.25) is 4.79 Å². The number of thiazole rings is 1. The minimum absolute atomic E-state index is 0.0300. The van der Waals surface area contributed by atoms with Gasteiger partial charge in [-0.25, -0.2) is 4.98 Å². The lowest BCUT2D eigenvalue weighted by Gasteiger charge is -2.40. The lowest BCUT2D eigenvalue weighted by atomic mass is 9.77. The molecule has 1 fully saturated rings. The zero-order chi connectivity index (χ0) is 15.5. The monoisotopic (exact) mass is 310 g/mol. The molecule has 0 spiro atoms. The summed E-state index contributed by atoms with van der Waals surface area (Å²) in [5, 5.41) is 12.6. The molecule has 5 heteroatoms. The van der Waals surface area contributed by atoms with E-state index in [0.717, 1.165) is 43.1 Å². The van der Waals surface area contributed by atoms with E-state index in [0.29, 0.717) is 12.3 Å². The first-order valence-corrected chi connectivity index (χ1v) is 8.70. The van der Waals surface area contributed by atoms with Crippen LogP contribution in [0.3, 0.4) is 0 Å². The average Bonchev–Trinajstić information content (AvgIpc) is 2.96. The number of piperidine rings is 1. The van der Waals surface area contributed by atoms with Gasteiger partial charge in [0.05, 0.1) is 17.1 Å². The van der Waals surface area contributed by atoms with E-state index in [-0.39, 0.29) is 17.9 Å². The van der Waals surface area contributed by atoms with Gasteiger partial charge in [-0.1, -0.05) is 20.8 Å². The van der Waals surface area contributed by atoms with Crippen LogP contribution in [0.2, 0.25) is 0 Å². The maximum atomic E-state index is 12.4. The number of hydrogen-bond donors (Lipinski definition) is 1. The first-order chi connectivity index (χ1) is 9.99. The number of nitrogens with zero attached hydrogens (tertiary/aromatic N) is 2. The molecule has 118 valence electrons. The van der Waals surface area contributed by atoms with Gasteiger partial charge in [0, 0.05) is 31.0 Å². The van der Waals surface area contributed by atoms with Gasteiger partial charge in [0.15, 0.2) is 0 Å². The normalized spacial score (nSPS) is 18.2. The molecule has 0 aliphatic carbocycles. The molecule has 1 aromatic heterocycles. The Balaban J connectivity index is 1.90. The summed E-state index contributed by atoms with van der Waals surface area (Å²) in [4.78, 5) is 18.8. The SMILES string of the molecule is CCC1(CO)CCN(C(=O)Cc2csc(C(C)C)n2)CC1. The van der Waals surface area contributed by atoms with E-state index in [1.54, 1.807) is 11.3 Å². The molecular formula is C16H26N2O2S. The van der Waals surface area contributed by atoms with Crippen LogP contribution in [0.4, 0.5) is 0 Å². The largest absolute Gasteiger partial charge is 0.396 e. The summed E-state index contributed by atoms with van der Waals surface area (Å²) in [6, 6.07) is 0. The third-order valence-corrected chi connectivity index (χ3v) is 5.85. The first kappa shape index (κ1) is 16.4. The molecule has 2 heterocycles. The van der Waals surface area contributed by atoms with Crippen molar-refractivity contribution in [2.45, 2.75) is 52.4 Å². The van der Waals surface area contributed by atoms with Crippen molar-refractivity contribution in [2.75, 3.05) is 19.7 Å². The van der Waals surface area contributed by atoms with Crippen LogP contribution in [0.5, 0.6) is 0 Å². The minimum Gasteiger partial charge on any atom is -0.396 e. The van der Waals surface area contributed by atoms with Crippen LogP contribution in [0.15, 0.2) is 5.38 Å². The van der Waals surface area contributed by atoms with E-state index < -0.39 is 0 Å². The van der Waals surface area contributed by atoms with E-state index in [9.17, 15) is 9.90 Å². The molecule has 0 radical (unpaired) electrons. The van der Waals surface area contributed by atoms with Gasteiger partial charge in [0.1, 0.15) is 0 Å². The number of amides is 1. The number of aliphatic hydroxyl groups is 1. The van der Waals surface area contributed by atoms with E-state index >= 15 is 0 Å². The molecule has 0 aromatic carbocycles. The van der Waals surface area contributed by atoms with E-state index in [2.05, 4.69) is 25.8 Å². The summed E-state index contributed by atoms with van der Waals surface area (Å²) in [6.07, 6.45) is 3.19. The number of aliphatic hydroxyl groups excluding tert-OH is 1. The van der Waals surface area contributed by atoms with Crippen molar-refractivity contribution in [3.8, 4) is 0 Å². The fourth-order valence-corrected chi connectivity index (χ4v) is 3.62. The number of carbonyl (C=O) groups is 1. The van der Waals surface area contributed by atoms with Gasteiger partial charge in [0.25, 0.3) is 0 Å². The summed E-state index contributed by atoms with van der Waals surface area (Å²) in [7, 11) is 0. The Morgan fingerprint density at radius 2 is 2.14 bits per heavy atom. The third kappa shape index (κ3) is 3.83. The zero-order valence-electron chi connectivity index (χ0n) is 13.3. The van der Waals surface area contributed by atoms with Crippen LogP contribution < -0.4 is 0 Å². The van der Waals surface area contributed by atoms with Crippen molar-refractivity contribution in [1.29, 1.82) is 0 Å². The number of rotatable bonds is 5. The maximum absolute atomic E-state index is 12.4. The van der Waals surface area contributed by atoms with E-state index in [1.807, 2.05) is 10.3 Å². The third-order valence-electron chi connectivity index (χ3n) is 4.66. The van der Waals surface area contributed by atoms with Crippen LogP contribution in [-0.4, -0.2) is 40.6 Å². The fraction of sp³-hybridized carbons (Fsp3) is 0.750. The Morgan fingerprint density at radius 1 is 1.48 bits per heavy atom. The van der Waals surface area contributed by atoms with Gasteiger partial charge in [-0.2, -0.15) is 0 Å². The van der Waals surface area contributed by atoms with Gasteiger partial charge in [-0.15, -0.1) is 11.3 Å². The topological polar surface area (TPSA) is 53.4 Å². The molecule has 4 nitrogen and oxygen atoms in total. The van der Waals surface area contributed by atoms with Gasteiger partial charge < -0.3 is 10.0 Å². The second-order valence-electron chi connectivity index (χ2n) is 6.40. The molecule has 0 atom stereocenters. The highest BCUT2D eigenvalue weighted by Gasteiger charge is 2.33. The number of aromatic nitrogens is 1. The summed E-state index contributed by atoms with van der Waals surface area (Å²) in [5.41, 5.74) is 0.922. The summed E-state index contributed by atoms with van der Waals surface area (Å²) in [6.45, 7) is 8.11. The van der Waals surface area contributed by atoms with Crippen LogP contribution in [0, 0.1) is 5.41 Å². The lowest BCUT2D eigenvalue weighted by molar-refractivity contribution is -0.133. The highest BCUT2D eigenvalue weighted by molar-refractivity contribution is 7.09. The Labute approximate surface area is 131 Å². The summed E-state index contributed by atoms with van der Waals surface area (Å²) in [5.74, 6) is 0.585. The van der Waals surface area contributed by atoms with Gasteiger partial charge >= 0.3 is 0 Å². The smallest absolute Gasteiger partial charge is 0.228 e. The molecule has 0 saturated carbocycles. The molecule has 1 N–H and O–H groups in total. The first-order valence-electron chi connectivity index (χ1n) is 7.82. The molecule has 0 bridgehead atoms. The molecule has 21 heavy (non-hydrogen) atoms. The second-order valence-corrected chi connectivity index (χ2v) is 7.29. The quantitative estimate of drug-likeness (QED) is 0.910. The molecule has 0 unspecified atom stereocenters. The van der Waals surface area contributed by atoms with E-state index in [4.69, 9.17) is 0 Å². The summed E-state index contributed by atoms with van der Waals surface area (Å²) >= 11 is 1.64. The molecule has 1 saturated heterocycles.